The van der Waals surface area contributed by atoms with Crippen LogP contribution in [0.5, 0.6) is 0 Å². The van der Waals surface area contributed by atoms with Crippen molar-refractivity contribution in [3.8, 4) is 0 Å². The fraction of sp³-hybridized carbons (Fsp3) is 1.00. The largest absolute Gasteiger partial charge is 0.379 e. The van der Waals surface area contributed by atoms with E-state index in [1.165, 1.54) is 0 Å². The van der Waals surface area contributed by atoms with Gasteiger partial charge in [0.2, 0.25) is 0 Å². The molecule has 0 saturated carbocycles. The predicted molar refractivity (Wildman–Crippen MR) is 59.7 cm³/mol. The summed E-state index contributed by atoms with van der Waals surface area (Å²) in [5.41, 5.74) is 0. The van der Waals surface area contributed by atoms with E-state index in [9.17, 15) is 0 Å². The highest BCUT2D eigenvalue weighted by atomic mass is 16.5. The number of nitrogens with one attached hydrogen (secondary N) is 1. The van der Waals surface area contributed by atoms with Crippen molar-refractivity contribution < 1.29 is 9.47 Å². The van der Waals surface area contributed by atoms with Crippen LogP contribution in [0.3, 0.4) is 0 Å². The molecule has 0 rings (SSSR count). The van der Waals surface area contributed by atoms with Gasteiger partial charge in [-0.3, -0.25) is 0 Å². The zero-order valence-electron chi connectivity index (χ0n) is 10.0. The summed E-state index contributed by atoms with van der Waals surface area (Å²) in [4.78, 5) is 0. The quantitative estimate of drug-likeness (QED) is 0.580. The van der Waals surface area contributed by atoms with Crippen LogP contribution in [0, 0.1) is 0 Å². The molecule has 0 bridgehead atoms. The van der Waals surface area contributed by atoms with Crippen LogP contribution in [-0.4, -0.2) is 38.5 Å². The third kappa shape index (κ3) is 8.48. The minimum absolute atomic E-state index is 0.310. The van der Waals surface area contributed by atoms with Gasteiger partial charge in [-0.2, -0.15) is 0 Å². The molecule has 0 fully saturated rings. The average molecular weight is 203 g/mol. The van der Waals surface area contributed by atoms with Gasteiger partial charge in [0.25, 0.3) is 0 Å². The minimum atomic E-state index is 0.310. The smallest absolute Gasteiger partial charge is 0.0704 e. The first-order valence-electron chi connectivity index (χ1n) is 5.63. The summed E-state index contributed by atoms with van der Waals surface area (Å²) >= 11 is 0. The number of hydrogen-bond donors (Lipinski definition) is 1. The summed E-state index contributed by atoms with van der Waals surface area (Å²) in [5.74, 6) is 0. The van der Waals surface area contributed by atoms with Crippen LogP contribution < -0.4 is 5.32 Å². The van der Waals surface area contributed by atoms with E-state index in [1.807, 2.05) is 6.92 Å². The fourth-order valence-corrected chi connectivity index (χ4v) is 1.45. The Morgan fingerprint density at radius 2 is 1.86 bits per heavy atom. The number of ether oxygens (including phenoxy) is 2. The van der Waals surface area contributed by atoms with Crippen molar-refractivity contribution in [2.45, 2.75) is 46.3 Å². The van der Waals surface area contributed by atoms with Crippen LogP contribution in [0.15, 0.2) is 0 Å². The first kappa shape index (κ1) is 13.9. The van der Waals surface area contributed by atoms with Gasteiger partial charge < -0.3 is 14.8 Å². The second-order valence-corrected chi connectivity index (χ2v) is 3.57. The zero-order chi connectivity index (χ0) is 10.8. The Bertz CT molecular complexity index is 120. The molecule has 0 spiro atoms. The molecule has 0 heterocycles. The second-order valence-electron chi connectivity index (χ2n) is 3.57. The molecule has 3 heteroatoms. The Morgan fingerprint density at radius 3 is 2.43 bits per heavy atom. The highest BCUT2D eigenvalue weighted by molar-refractivity contribution is 4.63. The standard InChI is InChI=1S/C11H25NO2/c1-5-12-10(3)9-11(4)14-8-7-13-6-2/h10-12H,5-9H2,1-4H3. The third-order valence-corrected chi connectivity index (χ3v) is 2.07. The van der Waals surface area contributed by atoms with Crippen molar-refractivity contribution in [2.24, 2.45) is 0 Å². The van der Waals surface area contributed by atoms with E-state index in [1.54, 1.807) is 0 Å². The lowest BCUT2D eigenvalue weighted by molar-refractivity contribution is 0.00896. The highest BCUT2D eigenvalue weighted by Gasteiger charge is 2.07. The molecular weight excluding hydrogens is 178 g/mol. The van der Waals surface area contributed by atoms with Gasteiger partial charge in [0, 0.05) is 12.6 Å². The van der Waals surface area contributed by atoms with Gasteiger partial charge in [-0.1, -0.05) is 6.92 Å². The fourth-order valence-electron chi connectivity index (χ4n) is 1.45. The van der Waals surface area contributed by atoms with Crippen molar-refractivity contribution in [3.63, 3.8) is 0 Å². The van der Waals surface area contributed by atoms with E-state index in [4.69, 9.17) is 9.47 Å². The van der Waals surface area contributed by atoms with E-state index in [0.29, 0.717) is 25.4 Å². The number of rotatable bonds is 9. The van der Waals surface area contributed by atoms with Crippen molar-refractivity contribution in [1.82, 2.24) is 5.32 Å². The normalized spacial score (nSPS) is 15.4. The first-order valence-corrected chi connectivity index (χ1v) is 5.63. The van der Waals surface area contributed by atoms with Gasteiger partial charge in [0.15, 0.2) is 0 Å². The van der Waals surface area contributed by atoms with E-state index in [0.717, 1.165) is 19.6 Å². The lowest BCUT2D eigenvalue weighted by Crippen LogP contribution is -2.30. The Labute approximate surface area is 88.2 Å². The van der Waals surface area contributed by atoms with Gasteiger partial charge in [0.1, 0.15) is 0 Å². The summed E-state index contributed by atoms with van der Waals surface area (Å²) in [5, 5.41) is 3.37. The van der Waals surface area contributed by atoms with Crippen LogP contribution in [0.1, 0.15) is 34.1 Å². The Balaban J connectivity index is 3.30. The maximum atomic E-state index is 5.60. The van der Waals surface area contributed by atoms with Crippen LogP contribution in [0.2, 0.25) is 0 Å². The van der Waals surface area contributed by atoms with E-state index in [2.05, 4.69) is 26.1 Å². The molecule has 0 aliphatic rings. The molecule has 0 aromatic rings. The second kappa shape index (κ2) is 9.44. The van der Waals surface area contributed by atoms with Gasteiger partial charge in [-0.25, -0.2) is 0 Å². The van der Waals surface area contributed by atoms with E-state index >= 15 is 0 Å². The maximum Gasteiger partial charge on any atom is 0.0704 e. The van der Waals surface area contributed by atoms with Crippen LogP contribution in [0.25, 0.3) is 0 Å². The molecule has 14 heavy (non-hydrogen) atoms. The molecule has 2 unspecified atom stereocenters. The Hall–Kier alpha value is -0.120. The molecule has 0 aromatic heterocycles. The van der Waals surface area contributed by atoms with Crippen molar-refractivity contribution in [1.29, 1.82) is 0 Å². The summed E-state index contributed by atoms with van der Waals surface area (Å²) in [6, 6.07) is 0.530. The molecule has 86 valence electrons. The molecule has 2 atom stereocenters. The van der Waals surface area contributed by atoms with Crippen molar-refractivity contribution in [2.75, 3.05) is 26.4 Å². The molecule has 1 N–H and O–H groups in total. The summed E-state index contributed by atoms with van der Waals surface area (Å²) < 4.78 is 10.8. The lowest BCUT2D eigenvalue weighted by Gasteiger charge is -2.18. The van der Waals surface area contributed by atoms with E-state index < -0.39 is 0 Å². The predicted octanol–water partition coefficient (Wildman–Crippen LogP) is 1.82. The molecule has 0 amide bonds. The van der Waals surface area contributed by atoms with Gasteiger partial charge >= 0.3 is 0 Å². The van der Waals surface area contributed by atoms with Crippen LogP contribution in [0.4, 0.5) is 0 Å². The topological polar surface area (TPSA) is 30.5 Å². The van der Waals surface area contributed by atoms with Gasteiger partial charge in [0.05, 0.1) is 19.3 Å². The summed E-state index contributed by atoms with van der Waals surface area (Å²) in [6.45, 7) is 11.6. The molecule has 0 aromatic carbocycles. The third-order valence-electron chi connectivity index (χ3n) is 2.07. The minimum Gasteiger partial charge on any atom is -0.379 e. The van der Waals surface area contributed by atoms with Crippen LogP contribution >= 0.6 is 0 Å². The van der Waals surface area contributed by atoms with Crippen molar-refractivity contribution in [3.05, 3.63) is 0 Å². The molecular formula is C11H25NO2. The lowest BCUT2D eigenvalue weighted by atomic mass is 10.1. The first-order chi connectivity index (χ1) is 6.70. The summed E-state index contributed by atoms with van der Waals surface area (Å²) in [7, 11) is 0. The average Bonchev–Trinajstić information content (AvgIpc) is 2.13. The molecule has 0 radical (unpaired) electrons. The van der Waals surface area contributed by atoms with E-state index in [-0.39, 0.29) is 0 Å². The summed E-state index contributed by atoms with van der Waals surface area (Å²) in [6.07, 6.45) is 1.37. The highest BCUT2D eigenvalue weighted by Crippen LogP contribution is 2.01. The van der Waals surface area contributed by atoms with Gasteiger partial charge in [-0.05, 0) is 33.7 Å². The van der Waals surface area contributed by atoms with Crippen LogP contribution in [-0.2, 0) is 9.47 Å². The molecule has 0 aliphatic carbocycles. The maximum absolute atomic E-state index is 5.60. The van der Waals surface area contributed by atoms with Gasteiger partial charge in [-0.15, -0.1) is 0 Å². The number of hydrogen-bond acceptors (Lipinski definition) is 3. The van der Waals surface area contributed by atoms with Crippen molar-refractivity contribution >= 4 is 0 Å². The molecule has 0 aliphatic heterocycles. The molecule has 0 saturated heterocycles. The monoisotopic (exact) mass is 203 g/mol. The molecule has 3 nitrogen and oxygen atoms in total. The zero-order valence-corrected chi connectivity index (χ0v) is 10.0. The SMILES string of the molecule is CCNC(C)CC(C)OCCOCC. The Kier molecular flexibility index (Phi) is 9.35. The Morgan fingerprint density at radius 1 is 1.14 bits per heavy atom.